The van der Waals surface area contributed by atoms with E-state index in [-0.39, 0.29) is 0 Å². The number of aromatic amines is 1. The first-order valence-corrected chi connectivity index (χ1v) is 4.67. The third-order valence-corrected chi connectivity index (χ3v) is 2.53. The standard InChI is InChI=1S/C8H6NO2P/c10-12(11)8-5-9-7-4-2-1-3-6(7)8/h1-5,9H. The van der Waals surface area contributed by atoms with Crippen molar-refractivity contribution >= 4 is 23.9 Å². The SMILES string of the molecule is O=P(=O)c1c[nH]c2ccccc12. The zero-order valence-corrected chi connectivity index (χ0v) is 7.04. The molecule has 0 fully saturated rings. The molecular weight excluding hydrogens is 173 g/mol. The lowest BCUT2D eigenvalue weighted by Crippen LogP contribution is -1.86. The van der Waals surface area contributed by atoms with Gasteiger partial charge >= 0.3 is 7.68 Å². The molecule has 0 aliphatic rings. The summed E-state index contributed by atoms with van der Waals surface area (Å²) >= 11 is 0. The van der Waals surface area contributed by atoms with E-state index in [1.54, 1.807) is 6.07 Å². The molecule has 0 radical (unpaired) electrons. The number of para-hydroxylation sites is 1. The number of nitrogens with one attached hydrogen (secondary N) is 1. The van der Waals surface area contributed by atoms with E-state index >= 15 is 0 Å². The van der Waals surface area contributed by atoms with Gasteiger partial charge in [-0.15, -0.1) is 0 Å². The van der Waals surface area contributed by atoms with Gasteiger partial charge in [0.05, 0.1) is 5.30 Å². The van der Waals surface area contributed by atoms with Crippen LogP contribution in [0.25, 0.3) is 10.9 Å². The van der Waals surface area contributed by atoms with E-state index in [0.717, 1.165) is 10.9 Å². The summed E-state index contributed by atoms with van der Waals surface area (Å²) in [5, 5.41) is 1.12. The first-order chi connectivity index (χ1) is 5.79. The zero-order chi connectivity index (χ0) is 8.55. The molecule has 0 saturated carbocycles. The Balaban J connectivity index is 2.87. The Kier molecular flexibility index (Phi) is 1.59. The molecule has 0 atom stereocenters. The van der Waals surface area contributed by atoms with Gasteiger partial charge in [0.1, 0.15) is 0 Å². The number of benzene rings is 1. The molecule has 2 aromatic rings. The van der Waals surface area contributed by atoms with Gasteiger partial charge in [0.25, 0.3) is 0 Å². The van der Waals surface area contributed by atoms with E-state index in [0.29, 0.717) is 5.30 Å². The van der Waals surface area contributed by atoms with Crippen molar-refractivity contribution in [2.75, 3.05) is 0 Å². The predicted octanol–water partition coefficient (Wildman–Crippen LogP) is 1.97. The molecular formula is C8H6NO2P. The molecule has 0 aliphatic carbocycles. The number of hydrogen-bond acceptors (Lipinski definition) is 2. The van der Waals surface area contributed by atoms with Crippen molar-refractivity contribution < 1.29 is 9.13 Å². The fourth-order valence-electron chi connectivity index (χ4n) is 1.21. The highest BCUT2D eigenvalue weighted by Gasteiger charge is 2.05. The Morgan fingerprint density at radius 3 is 2.67 bits per heavy atom. The third kappa shape index (κ3) is 0.990. The van der Waals surface area contributed by atoms with Gasteiger partial charge in [-0.2, -0.15) is 0 Å². The first kappa shape index (κ1) is 7.32. The Labute approximate surface area is 69.2 Å². The van der Waals surface area contributed by atoms with Crippen molar-refractivity contribution in [3.8, 4) is 0 Å². The zero-order valence-electron chi connectivity index (χ0n) is 6.15. The van der Waals surface area contributed by atoms with Crippen molar-refractivity contribution in [3.05, 3.63) is 30.5 Å². The van der Waals surface area contributed by atoms with E-state index in [9.17, 15) is 9.13 Å². The van der Waals surface area contributed by atoms with Gasteiger partial charge in [-0.25, -0.2) is 9.13 Å². The molecule has 12 heavy (non-hydrogen) atoms. The highest BCUT2D eigenvalue weighted by Crippen LogP contribution is 2.15. The van der Waals surface area contributed by atoms with Gasteiger partial charge in [-0.05, 0) is 6.07 Å². The second-order valence-corrected chi connectivity index (χ2v) is 3.47. The summed E-state index contributed by atoms with van der Waals surface area (Å²) in [6.07, 6.45) is 1.51. The van der Waals surface area contributed by atoms with E-state index < -0.39 is 7.68 Å². The third-order valence-electron chi connectivity index (χ3n) is 1.76. The monoisotopic (exact) mass is 179 g/mol. The van der Waals surface area contributed by atoms with E-state index in [1.165, 1.54) is 6.20 Å². The summed E-state index contributed by atoms with van der Waals surface area (Å²) in [5.41, 5.74) is 0.853. The fourth-order valence-corrected chi connectivity index (χ4v) is 1.77. The van der Waals surface area contributed by atoms with Gasteiger partial charge in [-0.1, -0.05) is 18.2 Å². The molecule has 60 valence electrons. The van der Waals surface area contributed by atoms with Crippen LogP contribution in [0, 0.1) is 0 Å². The van der Waals surface area contributed by atoms with Crippen LogP contribution in [0.3, 0.4) is 0 Å². The molecule has 0 aliphatic heterocycles. The summed E-state index contributed by atoms with van der Waals surface area (Å²) in [5.74, 6) is 0. The van der Waals surface area contributed by atoms with Crippen LogP contribution in [0.15, 0.2) is 30.5 Å². The van der Waals surface area contributed by atoms with E-state index in [2.05, 4.69) is 4.98 Å². The Bertz CT molecular complexity index is 477. The van der Waals surface area contributed by atoms with Crippen LogP contribution in [0.1, 0.15) is 0 Å². The molecule has 0 spiro atoms. The van der Waals surface area contributed by atoms with Crippen molar-refractivity contribution in [1.29, 1.82) is 0 Å². The van der Waals surface area contributed by atoms with Crippen molar-refractivity contribution in [2.24, 2.45) is 0 Å². The average molecular weight is 179 g/mol. The number of aromatic nitrogens is 1. The molecule has 1 N–H and O–H groups in total. The molecule has 2 rings (SSSR count). The van der Waals surface area contributed by atoms with Gasteiger partial charge in [0.15, 0.2) is 0 Å². The van der Waals surface area contributed by atoms with Crippen LogP contribution in [-0.2, 0) is 9.13 Å². The van der Waals surface area contributed by atoms with Gasteiger partial charge < -0.3 is 4.98 Å². The normalized spacial score (nSPS) is 10.3. The molecule has 3 nitrogen and oxygen atoms in total. The average Bonchev–Trinajstić information content (AvgIpc) is 2.47. The minimum atomic E-state index is -2.49. The summed E-state index contributed by atoms with van der Waals surface area (Å²) in [6, 6.07) is 7.31. The molecule has 0 unspecified atom stereocenters. The maximum atomic E-state index is 10.7. The summed E-state index contributed by atoms with van der Waals surface area (Å²) < 4.78 is 21.4. The lowest BCUT2D eigenvalue weighted by Gasteiger charge is -1.85. The molecule has 1 aromatic heterocycles. The van der Waals surface area contributed by atoms with Crippen LogP contribution in [0.2, 0.25) is 0 Å². The Morgan fingerprint density at radius 2 is 1.92 bits per heavy atom. The summed E-state index contributed by atoms with van der Waals surface area (Å²) in [6.45, 7) is 0. The van der Waals surface area contributed by atoms with Gasteiger partial charge in [0, 0.05) is 17.1 Å². The predicted molar refractivity (Wildman–Crippen MR) is 46.2 cm³/mol. The second kappa shape index (κ2) is 2.61. The second-order valence-electron chi connectivity index (χ2n) is 2.48. The molecule has 1 heterocycles. The molecule has 0 bridgehead atoms. The van der Waals surface area contributed by atoms with Crippen LogP contribution < -0.4 is 5.30 Å². The number of rotatable bonds is 1. The summed E-state index contributed by atoms with van der Waals surface area (Å²) in [4.78, 5) is 2.89. The van der Waals surface area contributed by atoms with Crippen molar-refractivity contribution in [2.45, 2.75) is 0 Å². The minimum Gasteiger partial charge on any atom is -0.360 e. The van der Waals surface area contributed by atoms with Gasteiger partial charge in [0.2, 0.25) is 0 Å². The van der Waals surface area contributed by atoms with Crippen LogP contribution in [0.5, 0.6) is 0 Å². The smallest absolute Gasteiger partial charge is 0.350 e. The number of hydrogen-bond donors (Lipinski definition) is 1. The van der Waals surface area contributed by atoms with Crippen molar-refractivity contribution in [1.82, 2.24) is 4.98 Å². The maximum absolute atomic E-state index is 10.7. The summed E-state index contributed by atoms with van der Waals surface area (Å²) in [7, 11) is -2.49. The number of fused-ring (bicyclic) bond motifs is 1. The fraction of sp³-hybridized carbons (Fsp3) is 0. The lowest BCUT2D eigenvalue weighted by molar-refractivity contribution is 0.523. The highest BCUT2D eigenvalue weighted by molar-refractivity contribution is 7.41. The molecule has 4 heteroatoms. The molecule has 0 amide bonds. The van der Waals surface area contributed by atoms with Crippen LogP contribution in [-0.4, -0.2) is 4.98 Å². The van der Waals surface area contributed by atoms with Crippen LogP contribution in [0.4, 0.5) is 0 Å². The van der Waals surface area contributed by atoms with Crippen LogP contribution >= 0.6 is 7.68 Å². The first-order valence-electron chi connectivity index (χ1n) is 3.49. The van der Waals surface area contributed by atoms with Crippen molar-refractivity contribution in [3.63, 3.8) is 0 Å². The number of H-pyrrole nitrogens is 1. The van der Waals surface area contributed by atoms with E-state index in [4.69, 9.17) is 0 Å². The molecule has 1 aromatic carbocycles. The Morgan fingerprint density at radius 1 is 1.17 bits per heavy atom. The minimum absolute atomic E-state index is 0.362. The highest BCUT2D eigenvalue weighted by atomic mass is 31.1. The Hall–Kier alpha value is -1.34. The maximum Gasteiger partial charge on any atom is 0.350 e. The quantitative estimate of drug-likeness (QED) is 0.680. The lowest BCUT2D eigenvalue weighted by atomic mass is 10.2. The largest absolute Gasteiger partial charge is 0.360 e. The van der Waals surface area contributed by atoms with Gasteiger partial charge in [-0.3, -0.25) is 0 Å². The topological polar surface area (TPSA) is 49.9 Å². The van der Waals surface area contributed by atoms with E-state index in [1.807, 2.05) is 18.2 Å². The molecule has 0 saturated heterocycles.